The molecule has 1 fully saturated rings. The van der Waals surface area contributed by atoms with Gasteiger partial charge in [-0.1, -0.05) is 12.1 Å². The van der Waals surface area contributed by atoms with E-state index in [9.17, 15) is 13.6 Å². The van der Waals surface area contributed by atoms with E-state index in [1.54, 1.807) is 24.1 Å². The van der Waals surface area contributed by atoms with Crippen molar-refractivity contribution < 1.29 is 23.0 Å². The monoisotopic (exact) mass is 328 g/mol. The molecule has 1 aromatic rings. The smallest absolute Gasteiger partial charge is 0.387 e. The molecule has 2 rings (SSSR count). The molecule has 0 saturated carbocycles. The summed E-state index contributed by atoms with van der Waals surface area (Å²) in [4.78, 5) is 14.4. The predicted molar refractivity (Wildman–Crippen MR) is 81.1 cm³/mol. The fraction of sp³-hybridized carbons (Fsp3) is 0.562. The molecule has 0 unspecified atom stereocenters. The molecule has 0 aromatic heterocycles. The zero-order valence-corrected chi connectivity index (χ0v) is 13.1. The van der Waals surface area contributed by atoms with Gasteiger partial charge >= 0.3 is 6.61 Å². The number of amides is 1. The Morgan fingerprint density at radius 2 is 1.96 bits per heavy atom. The highest BCUT2D eigenvalue weighted by Crippen LogP contribution is 2.31. The van der Waals surface area contributed by atoms with Crippen LogP contribution in [0.25, 0.3) is 0 Å². The second-order valence-electron chi connectivity index (χ2n) is 5.78. The van der Waals surface area contributed by atoms with E-state index in [-0.39, 0.29) is 11.7 Å². The van der Waals surface area contributed by atoms with Crippen molar-refractivity contribution in [3.05, 3.63) is 29.8 Å². The first-order valence-corrected chi connectivity index (χ1v) is 7.54. The van der Waals surface area contributed by atoms with Gasteiger partial charge in [-0.15, -0.1) is 0 Å². The van der Waals surface area contributed by atoms with Crippen LogP contribution in [0.4, 0.5) is 8.78 Å². The van der Waals surface area contributed by atoms with Gasteiger partial charge in [-0.2, -0.15) is 8.78 Å². The SMILES string of the molecule is CN(Cc1ccc(OC(F)F)cc1)C(=O)C1(CN)CCOCC1. The van der Waals surface area contributed by atoms with E-state index in [4.69, 9.17) is 10.5 Å². The Hall–Kier alpha value is -1.73. The zero-order chi connectivity index (χ0) is 16.9. The van der Waals surface area contributed by atoms with Gasteiger partial charge in [0.15, 0.2) is 0 Å². The van der Waals surface area contributed by atoms with E-state index < -0.39 is 12.0 Å². The van der Waals surface area contributed by atoms with Crippen molar-refractivity contribution >= 4 is 5.91 Å². The quantitative estimate of drug-likeness (QED) is 0.867. The first kappa shape index (κ1) is 17.6. The van der Waals surface area contributed by atoms with E-state index in [2.05, 4.69) is 4.74 Å². The van der Waals surface area contributed by atoms with Crippen molar-refractivity contribution in [2.45, 2.75) is 26.0 Å². The van der Waals surface area contributed by atoms with E-state index in [0.717, 1.165) is 5.56 Å². The van der Waals surface area contributed by atoms with Gasteiger partial charge in [-0.3, -0.25) is 4.79 Å². The Labute approximate surface area is 134 Å². The van der Waals surface area contributed by atoms with Gasteiger partial charge in [-0.05, 0) is 30.5 Å². The van der Waals surface area contributed by atoms with E-state index in [1.165, 1.54) is 12.1 Å². The van der Waals surface area contributed by atoms with Crippen LogP contribution in [0.15, 0.2) is 24.3 Å². The molecule has 0 bridgehead atoms. The van der Waals surface area contributed by atoms with Gasteiger partial charge in [0.05, 0.1) is 5.41 Å². The standard InChI is InChI=1S/C16H22F2N2O3/c1-20(14(21)16(11-19)6-8-22-9-7-16)10-12-2-4-13(5-3-12)23-15(17)18/h2-5,15H,6-11,19H2,1H3. The molecule has 1 heterocycles. The summed E-state index contributed by atoms with van der Waals surface area (Å²) in [7, 11) is 1.72. The number of carbonyl (C=O) groups excluding carboxylic acids is 1. The van der Waals surface area contributed by atoms with Gasteiger partial charge in [0, 0.05) is 33.4 Å². The summed E-state index contributed by atoms with van der Waals surface area (Å²) in [6.45, 7) is -1.09. The van der Waals surface area contributed by atoms with Crippen LogP contribution >= 0.6 is 0 Å². The largest absolute Gasteiger partial charge is 0.435 e. The Morgan fingerprint density at radius 1 is 1.35 bits per heavy atom. The van der Waals surface area contributed by atoms with Crippen molar-refractivity contribution in [2.24, 2.45) is 11.1 Å². The molecule has 1 aliphatic heterocycles. The lowest BCUT2D eigenvalue weighted by molar-refractivity contribution is -0.146. The predicted octanol–water partition coefficient (Wildman–Crippen LogP) is 2.00. The zero-order valence-electron chi connectivity index (χ0n) is 13.1. The first-order chi connectivity index (χ1) is 11.0. The van der Waals surface area contributed by atoms with Crippen molar-refractivity contribution in [3.63, 3.8) is 0 Å². The topological polar surface area (TPSA) is 64.8 Å². The highest BCUT2D eigenvalue weighted by molar-refractivity contribution is 5.83. The minimum Gasteiger partial charge on any atom is -0.435 e. The number of nitrogens with zero attached hydrogens (tertiary/aromatic N) is 1. The number of benzene rings is 1. The van der Waals surface area contributed by atoms with Crippen LogP contribution in [0.3, 0.4) is 0 Å². The summed E-state index contributed by atoms with van der Waals surface area (Å²) in [6, 6.07) is 6.26. The number of rotatable bonds is 6. The lowest BCUT2D eigenvalue weighted by atomic mass is 9.79. The van der Waals surface area contributed by atoms with Crippen molar-refractivity contribution in [1.29, 1.82) is 0 Å². The Kier molecular flexibility index (Phi) is 5.90. The molecule has 1 aliphatic rings. The minimum absolute atomic E-state index is 0.00351. The Balaban J connectivity index is 2.00. The summed E-state index contributed by atoms with van der Waals surface area (Å²) in [5.74, 6) is 0.0943. The molecule has 0 radical (unpaired) electrons. The Bertz CT molecular complexity index is 517. The van der Waals surface area contributed by atoms with Gasteiger partial charge < -0.3 is 20.1 Å². The fourth-order valence-electron chi connectivity index (χ4n) is 2.79. The molecule has 0 atom stereocenters. The molecule has 7 heteroatoms. The molecule has 5 nitrogen and oxygen atoms in total. The van der Waals surface area contributed by atoms with Crippen LogP contribution in [0, 0.1) is 5.41 Å². The van der Waals surface area contributed by atoms with Gasteiger partial charge in [0.2, 0.25) is 5.91 Å². The second kappa shape index (κ2) is 7.70. The molecule has 23 heavy (non-hydrogen) atoms. The summed E-state index contributed by atoms with van der Waals surface area (Å²) < 4.78 is 33.9. The van der Waals surface area contributed by atoms with Gasteiger partial charge in [0.25, 0.3) is 0 Å². The number of halogens is 2. The molecule has 2 N–H and O–H groups in total. The molecular weight excluding hydrogens is 306 g/mol. The summed E-state index contributed by atoms with van der Waals surface area (Å²) in [6.07, 6.45) is 1.24. The van der Waals surface area contributed by atoms with Crippen molar-refractivity contribution in [1.82, 2.24) is 4.90 Å². The highest BCUT2D eigenvalue weighted by atomic mass is 19.3. The summed E-state index contributed by atoms with van der Waals surface area (Å²) in [5, 5.41) is 0. The van der Waals surface area contributed by atoms with E-state index in [1.807, 2.05) is 0 Å². The molecular formula is C16H22F2N2O3. The maximum atomic E-state index is 12.7. The third kappa shape index (κ3) is 4.39. The van der Waals surface area contributed by atoms with Gasteiger partial charge in [0.1, 0.15) is 5.75 Å². The number of hydrogen-bond acceptors (Lipinski definition) is 4. The van der Waals surface area contributed by atoms with Crippen LogP contribution in [0.2, 0.25) is 0 Å². The summed E-state index contributed by atoms with van der Waals surface area (Å²) >= 11 is 0. The minimum atomic E-state index is -2.84. The van der Waals surface area contributed by atoms with Gasteiger partial charge in [-0.25, -0.2) is 0 Å². The third-order valence-electron chi connectivity index (χ3n) is 4.21. The van der Waals surface area contributed by atoms with Crippen LogP contribution in [0.5, 0.6) is 5.75 Å². The van der Waals surface area contributed by atoms with E-state index >= 15 is 0 Å². The fourth-order valence-corrected chi connectivity index (χ4v) is 2.79. The normalized spacial score (nSPS) is 17.1. The number of ether oxygens (including phenoxy) is 2. The van der Waals surface area contributed by atoms with Crippen molar-refractivity contribution in [3.8, 4) is 5.75 Å². The van der Waals surface area contributed by atoms with Crippen LogP contribution < -0.4 is 10.5 Å². The third-order valence-corrected chi connectivity index (χ3v) is 4.21. The maximum Gasteiger partial charge on any atom is 0.387 e. The van der Waals surface area contributed by atoms with Crippen LogP contribution in [-0.2, 0) is 16.1 Å². The first-order valence-electron chi connectivity index (χ1n) is 7.54. The molecule has 0 aliphatic carbocycles. The maximum absolute atomic E-state index is 12.7. The molecule has 1 saturated heterocycles. The molecule has 1 aromatic carbocycles. The molecule has 0 spiro atoms. The molecule has 128 valence electrons. The highest BCUT2D eigenvalue weighted by Gasteiger charge is 2.40. The number of hydrogen-bond donors (Lipinski definition) is 1. The number of carbonyl (C=O) groups is 1. The average molecular weight is 328 g/mol. The van der Waals surface area contributed by atoms with Crippen LogP contribution in [0.1, 0.15) is 18.4 Å². The molecule has 1 amide bonds. The van der Waals surface area contributed by atoms with Crippen LogP contribution in [-0.4, -0.2) is 44.2 Å². The van der Waals surface area contributed by atoms with Crippen molar-refractivity contribution in [2.75, 3.05) is 26.8 Å². The van der Waals surface area contributed by atoms with E-state index in [0.29, 0.717) is 39.1 Å². The Morgan fingerprint density at radius 3 is 2.48 bits per heavy atom. The average Bonchev–Trinajstić information content (AvgIpc) is 2.56. The summed E-state index contributed by atoms with van der Waals surface area (Å²) in [5.41, 5.74) is 6.12. The lowest BCUT2D eigenvalue weighted by Gasteiger charge is -2.37. The second-order valence-corrected chi connectivity index (χ2v) is 5.78. The number of alkyl halides is 2. The lowest BCUT2D eigenvalue weighted by Crippen LogP contribution is -2.49. The number of nitrogens with two attached hydrogens (primary N) is 1.